The Morgan fingerprint density at radius 1 is 1.50 bits per heavy atom. The topological polar surface area (TPSA) is 49.3 Å². The monoisotopic (exact) mass is 147 g/mol. The van der Waals surface area contributed by atoms with E-state index >= 15 is 0 Å². The molecule has 0 atom stereocenters. The molecule has 0 aliphatic carbocycles. The van der Waals surface area contributed by atoms with Gasteiger partial charge in [0.05, 0.1) is 6.54 Å². The summed E-state index contributed by atoms with van der Waals surface area (Å²) < 4.78 is 0. The fourth-order valence-corrected chi connectivity index (χ4v) is 0.291. The third-order valence-electron chi connectivity index (χ3n) is 0.662. The van der Waals surface area contributed by atoms with Gasteiger partial charge >= 0.3 is 5.97 Å². The van der Waals surface area contributed by atoms with Crippen LogP contribution in [0.2, 0.25) is 0 Å². The molecule has 3 heteroatoms. The summed E-state index contributed by atoms with van der Waals surface area (Å²) in [5.74, 6) is -0.807. The first-order valence-corrected chi connectivity index (χ1v) is 3.58. The van der Waals surface area contributed by atoms with Gasteiger partial charge in [-0.25, -0.2) is 0 Å². The van der Waals surface area contributed by atoms with E-state index in [1.807, 2.05) is 27.7 Å². The van der Waals surface area contributed by atoms with Gasteiger partial charge in [0.25, 0.3) is 0 Å². The maximum Gasteiger partial charge on any atom is 0.317 e. The van der Waals surface area contributed by atoms with E-state index in [1.54, 1.807) is 0 Å². The predicted molar refractivity (Wildman–Crippen MR) is 42.1 cm³/mol. The molecule has 0 unspecified atom stereocenters. The number of hydrogen-bond acceptors (Lipinski definition) is 2. The molecule has 0 aromatic heterocycles. The molecule has 0 aromatic carbocycles. The molecule has 0 bridgehead atoms. The van der Waals surface area contributed by atoms with Gasteiger partial charge in [0, 0.05) is 6.04 Å². The molecule has 0 aliphatic rings. The quantitative estimate of drug-likeness (QED) is 0.628. The molecular formula is C7H17NO2. The molecule has 62 valence electrons. The Balaban J connectivity index is 0. The van der Waals surface area contributed by atoms with E-state index in [2.05, 4.69) is 5.32 Å². The smallest absolute Gasteiger partial charge is 0.317 e. The summed E-state index contributed by atoms with van der Waals surface area (Å²) in [6.07, 6.45) is 0. The van der Waals surface area contributed by atoms with Crippen LogP contribution in [-0.4, -0.2) is 23.7 Å². The molecule has 10 heavy (non-hydrogen) atoms. The SMILES string of the molecule is CC.CC(C)NCC(=O)O. The van der Waals surface area contributed by atoms with Crippen LogP contribution in [0.15, 0.2) is 0 Å². The van der Waals surface area contributed by atoms with Gasteiger partial charge in [0.2, 0.25) is 0 Å². The van der Waals surface area contributed by atoms with Crippen LogP contribution in [0.1, 0.15) is 27.7 Å². The minimum Gasteiger partial charge on any atom is -0.480 e. The van der Waals surface area contributed by atoms with E-state index < -0.39 is 5.97 Å². The van der Waals surface area contributed by atoms with E-state index in [-0.39, 0.29) is 12.6 Å². The zero-order chi connectivity index (χ0) is 8.57. The van der Waals surface area contributed by atoms with Crippen molar-refractivity contribution in [2.24, 2.45) is 0 Å². The van der Waals surface area contributed by atoms with Gasteiger partial charge in [0.1, 0.15) is 0 Å². The highest BCUT2D eigenvalue weighted by Crippen LogP contribution is 1.72. The molecule has 3 nitrogen and oxygen atoms in total. The van der Waals surface area contributed by atoms with Gasteiger partial charge in [-0.3, -0.25) is 4.79 Å². The van der Waals surface area contributed by atoms with Gasteiger partial charge in [-0.1, -0.05) is 27.7 Å². The lowest BCUT2D eigenvalue weighted by molar-refractivity contribution is -0.136. The van der Waals surface area contributed by atoms with Gasteiger partial charge in [-0.15, -0.1) is 0 Å². The third-order valence-corrected chi connectivity index (χ3v) is 0.662. The Morgan fingerprint density at radius 2 is 1.90 bits per heavy atom. The summed E-state index contributed by atoms with van der Waals surface area (Å²) in [6.45, 7) is 7.86. The highest BCUT2D eigenvalue weighted by molar-refractivity contribution is 5.69. The van der Waals surface area contributed by atoms with Crippen LogP contribution in [-0.2, 0) is 4.79 Å². The largest absolute Gasteiger partial charge is 0.480 e. The highest BCUT2D eigenvalue weighted by Gasteiger charge is 1.95. The Labute approximate surface area is 62.4 Å². The van der Waals surface area contributed by atoms with Crippen molar-refractivity contribution in [1.82, 2.24) is 5.32 Å². The molecule has 2 N–H and O–H groups in total. The lowest BCUT2D eigenvalue weighted by Gasteiger charge is -2.02. The van der Waals surface area contributed by atoms with E-state index in [9.17, 15) is 4.79 Å². The average Bonchev–Trinajstić information content (AvgIpc) is 1.89. The van der Waals surface area contributed by atoms with Gasteiger partial charge in [-0.2, -0.15) is 0 Å². The van der Waals surface area contributed by atoms with Gasteiger partial charge in [0.15, 0.2) is 0 Å². The van der Waals surface area contributed by atoms with Crippen molar-refractivity contribution in [2.45, 2.75) is 33.7 Å². The summed E-state index contributed by atoms with van der Waals surface area (Å²) in [5, 5.41) is 10.8. The Hall–Kier alpha value is -0.570. The standard InChI is InChI=1S/C5H11NO2.C2H6/c1-4(2)6-3-5(7)8;1-2/h4,6H,3H2,1-2H3,(H,7,8);1-2H3. The Morgan fingerprint density at radius 3 is 2.00 bits per heavy atom. The van der Waals surface area contributed by atoms with Crippen LogP contribution >= 0.6 is 0 Å². The van der Waals surface area contributed by atoms with Crippen LogP contribution in [0, 0.1) is 0 Å². The summed E-state index contributed by atoms with van der Waals surface area (Å²) in [5.41, 5.74) is 0. The Bertz CT molecular complexity index is 81.7. The van der Waals surface area contributed by atoms with Crippen LogP contribution in [0.3, 0.4) is 0 Å². The molecule has 0 fully saturated rings. The molecule has 0 heterocycles. The fourth-order valence-electron chi connectivity index (χ4n) is 0.291. The maximum absolute atomic E-state index is 9.84. The molecule has 0 aromatic rings. The summed E-state index contributed by atoms with van der Waals surface area (Å²) in [4.78, 5) is 9.84. The highest BCUT2D eigenvalue weighted by atomic mass is 16.4. The molecular weight excluding hydrogens is 130 g/mol. The summed E-state index contributed by atoms with van der Waals surface area (Å²) >= 11 is 0. The van der Waals surface area contributed by atoms with E-state index in [1.165, 1.54) is 0 Å². The molecule has 0 amide bonds. The predicted octanol–water partition coefficient (Wildman–Crippen LogP) is 1.10. The van der Waals surface area contributed by atoms with Crippen LogP contribution in [0.4, 0.5) is 0 Å². The second kappa shape index (κ2) is 8.43. The number of rotatable bonds is 3. The lowest BCUT2D eigenvalue weighted by Crippen LogP contribution is -2.28. The van der Waals surface area contributed by atoms with Crippen molar-refractivity contribution < 1.29 is 9.90 Å². The van der Waals surface area contributed by atoms with Crippen molar-refractivity contribution in [2.75, 3.05) is 6.54 Å². The van der Waals surface area contributed by atoms with E-state index in [4.69, 9.17) is 5.11 Å². The third kappa shape index (κ3) is 15.7. The average molecular weight is 147 g/mol. The molecule has 0 radical (unpaired) electrons. The lowest BCUT2D eigenvalue weighted by atomic mass is 10.4. The molecule has 0 aliphatic heterocycles. The summed E-state index contributed by atoms with van der Waals surface area (Å²) in [7, 11) is 0. The van der Waals surface area contributed by atoms with Crippen molar-refractivity contribution in [3.8, 4) is 0 Å². The number of carboxylic acid groups (broad SMARTS) is 1. The first-order chi connectivity index (χ1) is 4.63. The normalized spacial score (nSPS) is 8.50. The van der Waals surface area contributed by atoms with Crippen molar-refractivity contribution in [3.05, 3.63) is 0 Å². The second-order valence-electron chi connectivity index (χ2n) is 1.93. The first kappa shape index (κ1) is 12.1. The maximum atomic E-state index is 9.84. The van der Waals surface area contributed by atoms with Crippen LogP contribution < -0.4 is 5.32 Å². The second-order valence-corrected chi connectivity index (χ2v) is 1.93. The van der Waals surface area contributed by atoms with Crippen molar-refractivity contribution in [3.63, 3.8) is 0 Å². The molecule has 0 rings (SSSR count). The minimum absolute atomic E-state index is 0.0532. The molecule has 0 spiro atoms. The van der Waals surface area contributed by atoms with Crippen molar-refractivity contribution in [1.29, 1.82) is 0 Å². The van der Waals surface area contributed by atoms with Crippen LogP contribution in [0.25, 0.3) is 0 Å². The zero-order valence-electron chi connectivity index (χ0n) is 7.14. The fraction of sp³-hybridized carbons (Fsp3) is 0.857. The molecule has 0 saturated heterocycles. The molecule has 0 saturated carbocycles. The van der Waals surface area contributed by atoms with Gasteiger partial charge < -0.3 is 10.4 Å². The zero-order valence-corrected chi connectivity index (χ0v) is 7.14. The Kier molecular flexibility index (Phi) is 10.2. The number of aliphatic carboxylic acids is 1. The van der Waals surface area contributed by atoms with E-state index in [0.29, 0.717) is 0 Å². The van der Waals surface area contributed by atoms with Crippen LogP contribution in [0.5, 0.6) is 0 Å². The van der Waals surface area contributed by atoms with E-state index in [0.717, 1.165) is 0 Å². The number of carbonyl (C=O) groups is 1. The minimum atomic E-state index is -0.807. The number of hydrogen-bond donors (Lipinski definition) is 2. The first-order valence-electron chi connectivity index (χ1n) is 3.58. The number of carboxylic acids is 1. The van der Waals surface area contributed by atoms with Crippen molar-refractivity contribution >= 4 is 5.97 Å². The number of nitrogens with one attached hydrogen (secondary N) is 1. The summed E-state index contributed by atoms with van der Waals surface area (Å²) in [6, 6.07) is 0.256. The van der Waals surface area contributed by atoms with Gasteiger partial charge in [-0.05, 0) is 0 Å².